The molecule has 0 heterocycles. The molecular formula is C15H15BrClN. The van der Waals surface area contributed by atoms with Crippen LogP contribution >= 0.6 is 27.5 Å². The van der Waals surface area contributed by atoms with E-state index in [-0.39, 0.29) is 0 Å². The van der Waals surface area contributed by atoms with Crippen LogP contribution in [0.3, 0.4) is 0 Å². The minimum Gasteiger partial charge on any atom is -0.398 e. The molecule has 0 aliphatic rings. The number of benzene rings is 2. The molecule has 0 bridgehead atoms. The van der Waals surface area contributed by atoms with Gasteiger partial charge in [-0.15, -0.1) is 0 Å². The van der Waals surface area contributed by atoms with Gasteiger partial charge in [0.15, 0.2) is 0 Å². The molecule has 0 amide bonds. The van der Waals surface area contributed by atoms with E-state index >= 15 is 0 Å². The highest BCUT2D eigenvalue weighted by molar-refractivity contribution is 9.10. The first-order chi connectivity index (χ1) is 8.49. The molecule has 2 aromatic rings. The molecule has 0 radical (unpaired) electrons. The summed E-state index contributed by atoms with van der Waals surface area (Å²) in [5, 5.41) is 0.762. The number of hydrogen-bond acceptors (Lipinski definition) is 1. The van der Waals surface area contributed by atoms with Gasteiger partial charge in [-0.3, -0.25) is 0 Å². The van der Waals surface area contributed by atoms with Crippen molar-refractivity contribution in [2.24, 2.45) is 0 Å². The molecule has 0 aromatic heterocycles. The second kappa shape index (κ2) is 5.33. The first-order valence-corrected chi connectivity index (χ1v) is 6.94. The Labute approximate surface area is 121 Å². The largest absolute Gasteiger partial charge is 0.398 e. The van der Waals surface area contributed by atoms with Gasteiger partial charge in [0.2, 0.25) is 0 Å². The average molecular weight is 325 g/mol. The fraction of sp³-hybridized carbons (Fsp3) is 0.200. The monoisotopic (exact) mass is 323 g/mol. The molecule has 18 heavy (non-hydrogen) atoms. The summed E-state index contributed by atoms with van der Waals surface area (Å²) in [6.07, 6.45) is 0.855. The molecule has 0 unspecified atom stereocenters. The van der Waals surface area contributed by atoms with Crippen molar-refractivity contribution in [1.29, 1.82) is 0 Å². The van der Waals surface area contributed by atoms with Crippen LogP contribution in [0.25, 0.3) is 0 Å². The summed E-state index contributed by atoms with van der Waals surface area (Å²) < 4.78 is 1.11. The topological polar surface area (TPSA) is 26.0 Å². The molecule has 94 valence electrons. The van der Waals surface area contributed by atoms with Crippen molar-refractivity contribution in [2.45, 2.75) is 20.3 Å². The van der Waals surface area contributed by atoms with Gasteiger partial charge in [-0.25, -0.2) is 0 Å². The fourth-order valence-electron chi connectivity index (χ4n) is 2.02. The summed E-state index contributed by atoms with van der Waals surface area (Å²) in [5.41, 5.74) is 11.7. The number of halogens is 2. The zero-order valence-corrected chi connectivity index (χ0v) is 12.8. The normalized spacial score (nSPS) is 10.7. The molecule has 2 rings (SSSR count). The van der Waals surface area contributed by atoms with Gasteiger partial charge >= 0.3 is 0 Å². The lowest BCUT2D eigenvalue weighted by molar-refractivity contribution is 1.14. The zero-order chi connectivity index (χ0) is 13.3. The van der Waals surface area contributed by atoms with E-state index in [1.54, 1.807) is 0 Å². The Morgan fingerprint density at radius 1 is 1.17 bits per heavy atom. The minimum absolute atomic E-state index is 0.762. The van der Waals surface area contributed by atoms with Crippen LogP contribution in [-0.4, -0.2) is 0 Å². The van der Waals surface area contributed by atoms with E-state index in [1.165, 1.54) is 11.1 Å². The molecule has 0 atom stereocenters. The Kier molecular flexibility index (Phi) is 3.98. The maximum absolute atomic E-state index is 6.09. The second-order valence-corrected chi connectivity index (χ2v) is 5.79. The van der Waals surface area contributed by atoms with E-state index in [9.17, 15) is 0 Å². The number of hydrogen-bond donors (Lipinski definition) is 1. The molecule has 2 aromatic carbocycles. The lowest BCUT2D eigenvalue weighted by atomic mass is 9.97. The van der Waals surface area contributed by atoms with Crippen LogP contribution in [0.5, 0.6) is 0 Å². The van der Waals surface area contributed by atoms with Crippen LogP contribution in [-0.2, 0) is 6.42 Å². The summed E-state index contributed by atoms with van der Waals surface area (Å²) in [6, 6.07) is 10.00. The summed E-state index contributed by atoms with van der Waals surface area (Å²) in [5.74, 6) is 0. The maximum Gasteiger partial charge on any atom is 0.0406 e. The molecular weight excluding hydrogens is 310 g/mol. The first kappa shape index (κ1) is 13.4. The molecule has 0 aliphatic heterocycles. The van der Waals surface area contributed by atoms with Gasteiger partial charge in [0.1, 0.15) is 0 Å². The van der Waals surface area contributed by atoms with Gasteiger partial charge in [-0.2, -0.15) is 0 Å². The predicted molar refractivity (Wildman–Crippen MR) is 82.3 cm³/mol. The van der Waals surface area contributed by atoms with E-state index in [1.807, 2.05) is 31.2 Å². The molecule has 0 aliphatic carbocycles. The Morgan fingerprint density at radius 2 is 1.78 bits per heavy atom. The SMILES string of the molecule is Cc1cc(Br)c(Cc2ccc(Cl)cc2)c(C)c1N. The Balaban J connectivity index is 2.40. The maximum atomic E-state index is 6.09. The fourth-order valence-corrected chi connectivity index (χ4v) is 2.92. The van der Waals surface area contributed by atoms with E-state index in [2.05, 4.69) is 28.9 Å². The van der Waals surface area contributed by atoms with E-state index in [0.29, 0.717) is 0 Å². The van der Waals surface area contributed by atoms with Crippen molar-refractivity contribution in [3.8, 4) is 0 Å². The highest BCUT2D eigenvalue weighted by atomic mass is 79.9. The van der Waals surface area contributed by atoms with Crippen LogP contribution in [0.4, 0.5) is 5.69 Å². The van der Waals surface area contributed by atoms with Crippen LogP contribution in [0.2, 0.25) is 5.02 Å². The number of nitrogen functional groups attached to an aromatic ring is 1. The van der Waals surface area contributed by atoms with E-state index in [0.717, 1.165) is 32.7 Å². The third-order valence-electron chi connectivity index (χ3n) is 3.21. The van der Waals surface area contributed by atoms with Crippen LogP contribution < -0.4 is 5.73 Å². The summed E-state index contributed by atoms with van der Waals surface area (Å²) >= 11 is 9.52. The predicted octanol–water partition coefficient (Wildman–Crippen LogP) is 4.89. The molecule has 2 N–H and O–H groups in total. The van der Waals surface area contributed by atoms with Crippen molar-refractivity contribution in [1.82, 2.24) is 0 Å². The summed E-state index contributed by atoms with van der Waals surface area (Å²) in [4.78, 5) is 0. The third-order valence-corrected chi connectivity index (χ3v) is 4.17. The average Bonchev–Trinajstić information content (AvgIpc) is 2.34. The third kappa shape index (κ3) is 2.70. The Morgan fingerprint density at radius 3 is 2.39 bits per heavy atom. The Bertz CT molecular complexity index is 576. The highest BCUT2D eigenvalue weighted by Gasteiger charge is 2.10. The van der Waals surface area contributed by atoms with Gasteiger partial charge in [-0.05, 0) is 60.7 Å². The molecule has 0 saturated carbocycles. The first-order valence-electron chi connectivity index (χ1n) is 5.77. The number of aryl methyl sites for hydroxylation is 1. The number of nitrogens with two attached hydrogens (primary N) is 1. The standard InChI is InChI=1S/C15H15BrClN/c1-9-7-14(16)13(10(2)15(9)18)8-11-3-5-12(17)6-4-11/h3-7H,8,18H2,1-2H3. The van der Waals surface area contributed by atoms with Gasteiger partial charge in [0, 0.05) is 15.2 Å². The summed E-state index contributed by atoms with van der Waals surface area (Å²) in [7, 11) is 0. The molecule has 3 heteroatoms. The lowest BCUT2D eigenvalue weighted by Crippen LogP contribution is -2.01. The summed E-state index contributed by atoms with van der Waals surface area (Å²) in [6.45, 7) is 4.09. The molecule has 0 fully saturated rings. The van der Waals surface area contributed by atoms with Crippen molar-refractivity contribution >= 4 is 33.2 Å². The Hall–Kier alpha value is -0.990. The minimum atomic E-state index is 0.762. The van der Waals surface area contributed by atoms with Crippen LogP contribution in [0.1, 0.15) is 22.3 Å². The number of rotatable bonds is 2. The van der Waals surface area contributed by atoms with Gasteiger partial charge < -0.3 is 5.73 Å². The van der Waals surface area contributed by atoms with Gasteiger partial charge in [0.05, 0.1) is 0 Å². The van der Waals surface area contributed by atoms with Gasteiger partial charge in [0.25, 0.3) is 0 Å². The van der Waals surface area contributed by atoms with Crippen LogP contribution in [0, 0.1) is 13.8 Å². The number of anilines is 1. The van der Waals surface area contributed by atoms with E-state index in [4.69, 9.17) is 17.3 Å². The van der Waals surface area contributed by atoms with E-state index < -0.39 is 0 Å². The van der Waals surface area contributed by atoms with Crippen molar-refractivity contribution < 1.29 is 0 Å². The second-order valence-electron chi connectivity index (χ2n) is 4.50. The van der Waals surface area contributed by atoms with Crippen molar-refractivity contribution in [3.63, 3.8) is 0 Å². The van der Waals surface area contributed by atoms with Crippen molar-refractivity contribution in [3.05, 3.63) is 62.1 Å². The van der Waals surface area contributed by atoms with Gasteiger partial charge in [-0.1, -0.05) is 39.7 Å². The highest BCUT2D eigenvalue weighted by Crippen LogP contribution is 2.30. The molecule has 0 saturated heterocycles. The quantitative estimate of drug-likeness (QED) is 0.782. The molecule has 0 spiro atoms. The van der Waals surface area contributed by atoms with Crippen molar-refractivity contribution in [2.75, 3.05) is 5.73 Å². The smallest absolute Gasteiger partial charge is 0.0406 e. The van der Waals surface area contributed by atoms with Crippen LogP contribution in [0.15, 0.2) is 34.8 Å². The zero-order valence-electron chi connectivity index (χ0n) is 10.4. The lowest BCUT2D eigenvalue weighted by Gasteiger charge is -2.14. The molecule has 1 nitrogen and oxygen atoms in total.